The van der Waals surface area contributed by atoms with Crippen LogP contribution in [0, 0.1) is 5.92 Å². The third kappa shape index (κ3) is 2.96. The van der Waals surface area contributed by atoms with Crippen LogP contribution in [0.4, 0.5) is 0 Å². The van der Waals surface area contributed by atoms with Crippen molar-refractivity contribution in [2.24, 2.45) is 5.92 Å². The van der Waals surface area contributed by atoms with Crippen LogP contribution < -0.4 is 5.32 Å². The van der Waals surface area contributed by atoms with E-state index in [0.29, 0.717) is 18.0 Å². The van der Waals surface area contributed by atoms with Crippen molar-refractivity contribution in [3.63, 3.8) is 0 Å². The molecule has 3 atom stereocenters. The van der Waals surface area contributed by atoms with Crippen LogP contribution in [0.5, 0.6) is 0 Å². The lowest BCUT2D eigenvalue weighted by atomic mass is 9.94. The zero-order chi connectivity index (χ0) is 13.1. The van der Waals surface area contributed by atoms with Crippen LogP contribution in [0.3, 0.4) is 0 Å². The van der Waals surface area contributed by atoms with Crippen LogP contribution in [0.1, 0.15) is 24.4 Å². The van der Waals surface area contributed by atoms with Crippen molar-refractivity contribution in [1.82, 2.24) is 15.2 Å². The zero-order valence-corrected chi connectivity index (χ0v) is 11.6. The number of rotatable bonds is 4. The van der Waals surface area contributed by atoms with Crippen LogP contribution in [-0.2, 0) is 4.74 Å². The average Bonchev–Trinajstić information content (AvgIpc) is 3.07. The molecule has 2 saturated heterocycles. The lowest BCUT2D eigenvalue weighted by Gasteiger charge is -2.26. The standard InChI is InChI=1S/C15H23N3O/c1-18-7-4-13(10-17-14-5-8-19-11-14)15(18)12-3-2-6-16-9-12/h2-3,6,9,13-15,17H,4-5,7-8,10-11H2,1H3/t13-,14?,15-/m0/s1. The smallest absolute Gasteiger partial charge is 0.0620 e. The van der Waals surface area contributed by atoms with Crippen molar-refractivity contribution in [2.75, 3.05) is 33.4 Å². The molecule has 1 unspecified atom stereocenters. The molecule has 2 aliphatic rings. The lowest BCUT2D eigenvalue weighted by molar-refractivity contribution is 0.188. The van der Waals surface area contributed by atoms with E-state index in [1.165, 1.54) is 18.5 Å². The summed E-state index contributed by atoms with van der Waals surface area (Å²) >= 11 is 0. The minimum Gasteiger partial charge on any atom is -0.380 e. The Labute approximate surface area is 115 Å². The fraction of sp³-hybridized carbons (Fsp3) is 0.667. The monoisotopic (exact) mass is 261 g/mol. The van der Waals surface area contributed by atoms with Gasteiger partial charge in [-0.2, -0.15) is 0 Å². The summed E-state index contributed by atoms with van der Waals surface area (Å²) in [4.78, 5) is 6.72. The number of aromatic nitrogens is 1. The summed E-state index contributed by atoms with van der Waals surface area (Å²) < 4.78 is 5.42. The highest BCUT2D eigenvalue weighted by Crippen LogP contribution is 2.35. The Morgan fingerprint density at radius 1 is 1.47 bits per heavy atom. The molecular weight excluding hydrogens is 238 g/mol. The quantitative estimate of drug-likeness (QED) is 0.890. The van der Waals surface area contributed by atoms with Crippen molar-refractivity contribution >= 4 is 0 Å². The molecule has 2 aliphatic heterocycles. The second kappa shape index (κ2) is 5.99. The van der Waals surface area contributed by atoms with E-state index in [4.69, 9.17) is 4.74 Å². The predicted molar refractivity (Wildman–Crippen MR) is 74.9 cm³/mol. The lowest BCUT2D eigenvalue weighted by Crippen LogP contribution is -2.35. The summed E-state index contributed by atoms with van der Waals surface area (Å²) in [7, 11) is 2.22. The van der Waals surface area contributed by atoms with Crippen LogP contribution >= 0.6 is 0 Å². The molecule has 0 bridgehead atoms. The maximum atomic E-state index is 5.42. The number of hydrogen-bond donors (Lipinski definition) is 1. The number of nitrogens with one attached hydrogen (secondary N) is 1. The van der Waals surface area contributed by atoms with Crippen molar-refractivity contribution in [1.29, 1.82) is 0 Å². The minimum absolute atomic E-state index is 0.503. The number of nitrogens with zero attached hydrogens (tertiary/aromatic N) is 2. The molecule has 3 rings (SSSR count). The fourth-order valence-corrected chi connectivity index (χ4v) is 3.33. The van der Waals surface area contributed by atoms with Crippen molar-refractivity contribution < 1.29 is 4.74 Å². The molecule has 2 fully saturated rings. The van der Waals surface area contributed by atoms with E-state index in [0.717, 1.165) is 26.2 Å². The van der Waals surface area contributed by atoms with Gasteiger partial charge in [0.05, 0.1) is 6.61 Å². The SMILES string of the molecule is CN1CC[C@@H](CNC2CCOC2)[C@@H]1c1cccnc1. The van der Waals surface area contributed by atoms with Gasteiger partial charge in [0, 0.05) is 37.6 Å². The van der Waals surface area contributed by atoms with Crippen molar-refractivity contribution in [3.05, 3.63) is 30.1 Å². The summed E-state index contributed by atoms with van der Waals surface area (Å²) in [5, 5.41) is 3.67. The average molecular weight is 261 g/mol. The van der Waals surface area contributed by atoms with Crippen molar-refractivity contribution in [2.45, 2.75) is 24.9 Å². The number of likely N-dealkylation sites (tertiary alicyclic amines) is 1. The van der Waals surface area contributed by atoms with Crippen molar-refractivity contribution in [3.8, 4) is 0 Å². The summed E-state index contributed by atoms with van der Waals surface area (Å²) in [6.07, 6.45) is 6.27. The number of pyridine rings is 1. The first-order chi connectivity index (χ1) is 9.34. The van der Waals surface area contributed by atoms with Gasteiger partial charge >= 0.3 is 0 Å². The Morgan fingerprint density at radius 3 is 3.16 bits per heavy atom. The van der Waals surface area contributed by atoms with E-state index in [1.807, 2.05) is 18.5 Å². The highest BCUT2D eigenvalue weighted by atomic mass is 16.5. The predicted octanol–water partition coefficient (Wildman–Crippen LogP) is 1.45. The number of hydrogen-bond acceptors (Lipinski definition) is 4. The van der Waals surface area contributed by atoms with Gasteiger partial charge in [-0.05, 0) is 44.0 Å². The first-order valence-corrected chi connectivity index (χ1v) is 7.26. The zero-order valence-electron chi connectivity index (χ0n) is 11.6. The molecule has 4 heteroatoms. The van der Waals surface area contributed by atoms with Gasteiger partial charge in [0.15, 0.2) is 0 Å². The van der Waals surface area contributed by atoms with Gasteiger partial charge in [0.2, 0.25) is 0 Å². The van der Waals surface area contributed by atoms with Gasteiger partial charge in [-0.25, -0.2) is 0 Å². The molecule has 1 N–H and O–H groups in total. The molecule has 0 saturated carbocycles. The van der Waals surface area contributed by atoms with E-state index in [9.17, 15) is 0 Å². The first-order valence-electron chi connectivity index (χ1n) is 7.26. The van der Waals surface area contributed by atoms with Gasteiger partial charge in [-0.1, -0.05) is 6.07 Å². The van der Waals surface area contributed by atoms with Gasteiger partial charge in [0.1, 0.15) is 0 Å². The highest BCUT2D eigenvalue weighted by Gasteiger charge is 2.33. The van der Waals surface area contributed by atoms with Gasteiger partial charge in [0.25, 0.3) is 0 Å². The molecule has 0 amide bonds. The second-order valence-electron chi connectivity index (χ2n) is 5.73. The molecule has 4 nitrogen and oxygen atoms in total. The third-order valence-corrected chi connectivity index (χ3v) is 4.40. The van der Waals surface area contributed by atoms with Gasteiger partial charge in [-0.15, -0.1) is 0 Å². The van der Waals surface area contributed by atoms with E-state index in [2.05, 4.69) is 28.3 Å². The Morgan fingerprint density at radius 2 is 2.42 bits per heavy atom. The van der Waals surface area contributed by atoms with Crippen LogP contribution in [0.15, 0.2) is 24.5 Å². The maximum absolute atomic E-state index is 5.42. The third-order valence-electron chi connectivity index (χ3n) is 4.40. The molecule has 19 heavy (non-hydrogen) atoms. The molecule has 104 valence electrons. The first kappa shape index (κ1) is 13.0. The molecule has 3 heterocycles. The minimum atomic E-state index is 0.503. The molecule has 0 aliphatic carbocycles. The topological polar surface area (TPSA) is 37.4 Å². The normalized spacial score (nSPS) is 31.9. The van der Waals surface area contributed by atoms with Crippen LogP contribution in [-0.4, -0.2) is 49.3 Å². The molecular formula is C15H23N3O. The second-order valence-corrected chi connectivity index (χ2v) is 5.73. The fourth-order valence-electron chi connectivity index (χ4n) is 3.33. The van der Waals surface area contributed by atoms with E-state index < -0.39 is 0 Å². The van der Waals surface area contributed by atoms with E-state index >= 15 is 0 Å². The summed E-state index contributed by atoms with van der Waals surface area (Å²) in [6.45, 7) is 4.04. The molecule has 1 aromatic rings. The largest absolute Gasteiger partial charge is 0.380 e. The van der Waals surface area contributed by atoms with Crippen LogP contribution in [0.25, 0.3) is 0 Å². The summed E-state index contributed by atoms with van der Waals surface area (Å²) in [5.41, 5.74) is 1.34. The van der Waals surface area contributed by atoms with Crippen LogP contribution in [0.2, 0.25) is 0 Å². The van der Waals surface area contributed by atoms with Gasteiger partial charge < -0.3 is 10.1 Å². The van der Waals surface area contributed by atoms with E-state index in [1.54, 1.807) is 0 Å². The Bertz CT molecular complexity index is 392. The Kier molecular flexibility index (Phi) is 4.11. The summed E-state index contributed by atoms with van der Waals surface area (Å²) in [6, 6.07) is 5.30. The Hall–Kier alpha value is -0.970. The molecule has 0 spiro atoms. The highest BCUT2D eigenvalue weighted by molar-refractivity contribution is 5.17. The maximum Gasteiger partial charge on any atom is 0.0620 e. The molecule has 1 aromatic heterocycles. The van der Waals surface area contributed by atoms with Gasteiger partial charge in [-0.3, -0.25) is 9.88 Å². The Balaban J connectivity index is 1.63. The summed E-state index contributed by atoms with van der Waals surface area (Å²) in [5.74, 6) is 0.676. The molecule has 0 radical (unpaired) electrons. The molecule has 0 aromatic carbocycles. The van der Waals surface area contributed by atoms with E-state index in [-0.39, 0.29) is 0 Å². The number of ether oxygens (including phenoxy) is 1.